The molecule has 2 saturated heterocycles. The zero-order chi connectivity index (χ0) is 12.8. The first kappa shape index (κ1) is 11.3. The van der Waals surface area contributed by atoms with Crippen LogP contribution in [-0.2, 0) is 4.79 Å². The van der Waals surface area contributed by atoms with Crippen LogP contribution in [0.1, 0.15) is 12.8 Å². The quantitative estimate of drug-likeness (QED) is 0.821. The molecule has 2 aliphatic heterocycles. The normalized spacial score (nSPS) is 30.0. The second-order valence-electron chi connectivity index (χ2n) is 6.17. The Morgan fingerprint density at radius 2 is 2.16 bits per heavy atom. The molecular formula is C15H19N3O. The lowest BCUT2D eigenvalue weighted by Crippen LogP contribution is -2.34. The number of fused-ring (bicyclic) bond motifs is 1. The van der Waals surface area contributed by atoms with Crippen molar-refractivity contribution in [3.63, 3.8) is 0 Å². The topological polar surface area (TPSA) is 36.4 Å². The van der Waals surface area contributed by atoms with Crippen molar-refractivity contribution >= 4 is 11.6 Å². The lowest BCUT2D eigenvalue weighted by atomic mass is 10.0. The minimum absolute atomic E-state index is 0.221. The van der Waals surface area contributed by atoms with E-state index in [0.717, 1.165) is 37.8 Å². The molecule has 4 nitrogen and oxygen atoms in total. The summed E-state index contributed by atoms with van der Waals surface area (Å²) in [5, 5.41) is 0. The molecule has 0 aromatic carbocycles. The van der Waals surface area contributed by atoms with Gasteiger partial charge in [-0.3, -0.25) is 9.78 Å². The van der Waals surface area contributed by atoms with Gasteiger partial charge in [-0.2, -0.15) is 0 Å². The average Bonchev–Trinajstić information content (AvgIpc) is 3.08. The Balaban J connectivity index is 1.45. The molecule has 2 atom stereocenters. The smallest absolute Gasteiger partial charge is 0.227 e. The van der Waals surface area contributed by atoms with E-state index in [9.17, 15) is 4.79 Å². The van der Waals surface area contributed by atoms with E-state index >= 15 is 0 Å². The maximum atomic E-state index is 12.4. The molecule has 1 aromatic heterocycles. The summed E-state index contributed by atoms with van der Waals surface area (Å²) in [6, 6.07) is 4.05. The highest BCUT2D eigenvalue weighted by atomic mass is 16.2. The number of carbonyl (C=O) groups excluding carboxylic acids is 1. The first-order valence-electron chi connectivity index (χ1n) is 7.25. The summed E-state index contributed by atoms with van der Waals surface area (Å²) >= 11 is 0. The molecule has 1 amide bonds. The third-order valence-electron chi connectivity index (χ3n) is 4.71. The highest BCUT2D eigenvalue weighted by Crippen LogP contribution is 2.37. The first-order valence-corrected chi connectivity index (χ1v) is 7.25. The van der Waals surface area contributed by atoms with E-state index < -0.39 is 0 Å². The van der Waals surface area contributed by atoms with Crippen LogP contribution in [0.4, 0.5) is 5.69 Å². The highest BCUT2D eigenvalue weighted by molar-refractivity contribution is 5.83. The van der Waals surface area contributed by atoms with Crippen molar-refractivity contribution in [1.29, 1.82) is 0 Å². The van der Waals surface area contributed by atoms with E-state index in [2.05, 4.69) is 20.9 Å². The molecule has 3 fully saturated rings. The van der Waals surface area contributed by atoms with Crippen molar-refractivity contribution < 1.29 is 4.79 Å². The molecule has 0 N–H and O–H groups in total. The molecule has 0 radical (unpaired) electrons. The largest absolute Gasteiger partial charge is 0.369 e. The van der Waals surface area contributed by atoms with Gasteiger partial charge in [-0.25, -0.2) is 0 Å². The van der Waals surface area contributed by atoms with Crippen LogP contribution in [0.25, 0.3) is 0 Å². The monoisotopic (exact) mass is 257 g/mol. The van der Waals surface area contributed by atoms with Crippen LogP contribution in [-0.4, -0.2) is 42.0 Å². The van der Waals surface area contributed by atoms with Crippen LogP contribution in [0, 0.1) is 17.8 Å². The molecule has 1 aliphatic carbocycles. The molecule has 4 heteroatoms. The van der Waals surface area contributed by atoms with E-state index in [4.69, 9.17) is 0 Å². The minimum atomic E-state index is 0.221. The Kier molecular flexibility index (Phi) is 2.50. The molecule has 1 aromatic rings. The van der Waals surface area contributed by atoms with Gasteiger partial charge in [0.05, 0.1) is 17.8 Å². The van der Waals surface area contributed by atoms with Gasteiger partial charge in [-0.15, -0.1) is 0 Å². The van der Waals surface area contributed by atoms with Crippen LogP contribution < -0.4 is 4.90 Å². The third kappa shape index (κ3) is 1.99. The lowest BCUT2D eigenvalue weighted by molar-refractivity contribution is -0.130. The molecule has 4 rings (SSSR count). The molecule has 0 unspecified atom stereocenters. The summed E-state index contributed by atoms with van der Waals surface area (Å²) < 4.78 is 0. The Hall–Kier alpha value is -1.58. The van der Waals surface area contributed by atoms with Crippen LogP contribution in [0.3, 0.4) is 0 Å². The number of anilines is 1. The number of amides is 1. The standard InChI is InChI=1S/C15H19N3O/c19-15-14-10-17(13-2-1-5-16-6-13)8-12(14)9-18(15)7-11-3-4-11/h1-2,5-6,11-12,14H,3-4,7-10H2/t12-,14-/m0/s1. The number of rotatable bonds is 3. The van der Waals surface area contributed by atoms with E-state index in [1.807, 2.05) is 12.3 Å². The number of likely N-dealkylation sites (tertiary alicyclic amines) is 1. The molecule has 0 bridgehead atoms. The van der Waals surface area contributed by atoms with Crippen molar-refractivity contribution in [2.45, 2.75) is 12.8 Å². The Morgan fingerprint density at radius 1 is 1.26 bits per heavy atom. The fourth-order valence-electron chi connectivity index (χ4n) is 3.47. The summed E-state index contributed by atoms with van der Waals surface area (Å²) in [6.07, 6.45) is 6.33. The van der Waals surface area contributed by atoms with Crippen molar-refractivity contribution in [3.05, 3.63) is 24.5 Å². The van der Waals surface area contributed by atoms with Crippen LogP contribution >= 0.6 is 0 Å². The predicted molar refractivity (Wildman–Crippen MR) is 72.7 cm³/mol. The summed E-state index contributed by atoms with van der Waals surface area (Å²) in [6.45, 7) is 3.86. The van der Waals surface area contributed by atoms with Gasteiger partial charge in [-0.05, 0) is 30.9 Å². The van der Waals surface area contributed by atoms with Gasteiger partial charge in [0.2, 0.25) is 5.91 Å². The van der Waals surface area contributed by atoms with Gasteiger partial charge in [-0.1, -0.05) is 0 Å². The van der Waals surface area contributed by atoms with Crippen LogP contribution in [0.5, 0.6) is 0 Å². The maximum Gasteiger partial charge on any atom is 0.227 e. The zero-order valence-corrected chi connectivity index (χ0v) is 11.0. The second kappa shape index (κ2) is 4.22. The van der Waals surface area contributed by atoms with Gasteiger partial charge >= 0.3 is 0 Å². The lowest BCUT2D eigenvalue weighted by Gasteiger charge is -2.22. The van der Waals surface area contributed by atoms with Crippen molar-refractivity contribution in [3.8, 4) is 0 Å². The van der Waals surface area contributed by atoms with Crippen LogP contribution in [0.2, 0.25) is 0 Å². The van der Waals surface area contributed by atoms with Crippen molar-refractivity contribution in [1.82, 2.24) is 9.88 Å². The SMILES string of the molecule is O=C1[C@H]2CN(c3cccnc3)C[C@H]2CN1CC1CC1. The van der Waals surface area contributed by atoms with E-state index in [1.165, 1.54) is 12.8 Å². The van der Waals surface area contributed by atoms with Gasteiger partial charge in [0.1, 0.15) is 0 Å². The maximum absolute atomic E-state index is 12.4. The number of carbonyl (C=O) groups is 1. The summed E-state index contributed by atoms with van der Waals surface area (Å²) in [4.78, 5) is 21.0. The van der Waals surface area contributed by atoms with E-state index in [0.29, 0.717) is 11.8 Å². The van der Waals surface area contributed by atoms with Crippen LogP contribution in [0.15, 0.2) is 24.5 Å². The van der Waals surface area contributed by atoms with Crippen molar-refractivity contribution in [2.24, 2.45) is 17.8 Å². The third-order valence-corrected chi connectivity index (χ3v) is 4.71. The molecule has 3 heterocycles. The summed E-state index contributed by atoms with van der Waals surface area (Å²) in [5.41, 5.74) is 1.15. The molecule has 1 saturated carbocycles. The fraction of sp³-hybridized carbons (Fsp3) is 0.600. The van der Waals surface area contributed by atoms with Gasteiger partial charge in [0, 0.05) is 38.3 Å². The minimum Gasteiger partial charge on any atom is -0.369 e. The number of hydrogen-bond donors (Lipinski definition) is 0. The highest BCUT2D eigenvalue weighted by Gasteiger charge is 2.47. The van der Waals surface area contributed by atoms with Gasteiger partial charge in [0.15, 0.2) is 0 Å². The number of hydrogen-bond acceptors (Lipinski definition) is 3. The van der Waals surface area contributed by atoms with Gasteiger partial charge in [0.25, 0.3) is 0 Å². The first-order chi connectivity index (χ1) is 9.31. The van der Waals surface area contributed by atoms with Crippen molar-refractivity contribution in [2.75, 3.05) is 31.1 Å². The fourth-order valence-corrected chi connectivity index (χ4v) is 3.47. The number of aromatic nitrogens is 1. The second-order valence-corrected chi connectivity index (χ2v) is 6.17. The number of pyridine rings is 1. The Labute approximate surface area is 113 Å². The zero-order valence-electron chi connectivity index (χ0n) is 11.0. The van der Waals surface area contributed by atoms with Gasteiger partial charge < -0.3 is 9.80 Å². The molecular weight excluding hydrogens is 238 g/mol. The Morgan fingerprint density at radius 3 is 2.84 bits per heavy atom. The molecule has 0 spiro atoms. The number of nitrogens with zero attached hydrogens (tertiary/aromatic N) is 3. The Bertz CT molecular complexity index is 485. The molecule has 3 aliphatic rings. The average molecular weight is 257 g/mol. The summed E-state index contributed by atoms with van der Waals surface area (Å²) in [5.74, 6) is 1.94. The van der Waals surface area contributed by atoms with E-state index in [1.54, 1.807) is 6.20 Å². The molecule has 100 valence electrons. The summed E-state index contributed by atoms with van der Waals surface area (Å²) in [7, 11) is 0. The van der Waals surface area contributed by atoms with E-state index in [-0.39, 0.29) is 5.92 Å². The molecule has 19 heavy (non-hydrogen) atoms. The predicted octanol–water partition coefficient (Wildman–Crippen LogP) is 1.39.